The molecular weight excluding hydrogens is 480 g/mol. The summed E-state index contributed by atoms with van der Waals surface area (Å²) >= 11 is 0. The first kappa shape index (κ1) is 28.0. The minimum absolute atomic E-state index is 0.0319. The molecular formula is C30H42N4O4. The van der Waals surface area contributed by atoms with Gasteiger partial charge in [-0.15, -0.1) is 0 Å². The highest BCUT2D eigenvalue weighted by Gasteiger charge is 2.31. The third kappa shape index (κ3) is 7.32. The van der Waals surface area contributed by atoms with E-state index in [2.05, 4.69) is 29.2 Å². The zero-order valence-electron chi connectivity index (χ0n) is 22.9. The van der Waals surface area contributed by atoms with Gasteiger partial charge < -0.3 is 20.1 Å². The SMILES string of the molecule is C[C@@H]1CN([C@H](C)CO)C(=O)Cc2cc(NC(=O)C3CCCCC3)ccc2O[C@@H]1CN(C)Cc1ccncc1. The second kappa shape index (κ2) is 13.2. The average molecular weight is 523 g/mol. The van der Waals surface area contributed by atoms with Gasteiger partial charge in [-0.1, -0.05) is 26.2 Å². The van der Waals surface area contributed by atoms with Crippen molar-refractivity contribution in [2.45, 2.75) is 71.1 Å². The average Bonchev–Trinajstić information content (AvgIpc) is 2.97. The molecule has 0 unspecified atom stereocenters. The van der Waals surface area contributed by atoms with Gasteiger partial charge in [0.05, 0.1) is 19.1 Å². The van der Waals surface area contributed by atoms with Crippen molar-refractivity contribution < 1.29 is 19.4 Å². The second-order valence-electron chi connectivity index (χ2n) is 11.1. The van der Waals surface area contributed by atoms with Crippen LogP contribution in [0, 0.1) is 11.8 Å². The number of carbonyl (C=O) groups excluding carboxylic acids is 2. The van der Waals surface area contributed by atoms with E-state index in [-0.39, 0.29) is 48.8 Å². The van der Waals surface area contributed by atoms with Gasteiger partial charge >= 0.3 is 0 Å². The number of carbonyl (C=O) groups is 2. The Morgan fingerprint density at radius 2 is 1.95 bits per heavy atom. The number of aromatic nitrogens is 1. The smallest absolute Gasteiger partial charge is 0.227 e. The molecule has 2 amide bonds. The van der Waals surface area contributed by atoms with Crippen molar-refractivity contribution in [3.63, 3.8) is 0 Å². The molecule has 1 saturated carbocycles. The number of aliphatic hydroxyl groups is 1. The number of rotatable bonds is 8. The largest absolute Gasteiger partial charge is 0.488 e. The van der Waals surface area contributed by atoms with Gasteiger partial charge in [0, 0.05) is 55.1 Å². The lowest BCUT2D eigenvalue weighted by Gasteiger charge is -2.34. The summed E-state index contributed by atoms with van der Waals surface area (Å²) in [5.41, 5.74) is 2.61. The van der Waals surface area contributed by atoms with Crippen molar-refractivity contribution in [1.82, 2.24) is 14.8 Å². The fraction of sp³-hybridized carbons (Fsp3) is 0.567. The number of aliphatic hydroxyl groups excluding tert-OH is 1. The summed E-state index contributed by atoms with van der Waals surface area (Å²) in [6.45, 7) is 5.78. The molecule has 3 atom stereocenters. The van der Waals surface area contributed by atoms with E-state index < -0.39 is 0 Å². The number of fused-ring (bicyclic) bond motifs is 1. The van der Waals surface area contributed by atoms with Crippen LogP contribution in [0.2, 0.25) is 0 Å². The van der Waals surface area contributed by atoms with Crippen molar-refractivity contribution in [1.29, 1.82) is 0 Å². The van der Waals surface area contributed by atoms with Gasteiger partial charge in [-0.2, -0.15) is 0 Å². The van der Waals surface area contributed by atoms with Gasteiger partial charge in [0.15, 0.2) is 0 Å². The van der Waals surface area contributed by atoms with Gasteiger partial charge in [-0.25, -0.2) is 0 Å². The Hall–Kier alpha value is -2.97. The van der Waals surface area contributed by atoms with Crippen molar-refractivity contribution in [2.75, 3.05) is 32.1 Å². The lowest BCUT2D eigenvalue weighted by Crippen LogP contribution is -2.47. The molecule has 0 radical (unpaired) electrons. The molecule has 2 aromatic rings. The summed E-state index contributed by atoms with van der Waals surface area (Å²) in [5, 5.41) is 13.0. The number of pyridine rings is 1. The summed E-state index contributed by atoms with van der Waals surface area (Å²) in [4.78, 5) is 34.4. The summed E-state index contributed by atoms with van der Waals surface area (Å²) in [5.74, 6) is 0.754. The topological polar surface area (TPSA) is 95.0 Å². The monoisotopic (exact) mass is 522 g/mol. The Balaban J connectivity index is 1.57. The van der Waals surface area contributed by atoms with Crippen LogP contribution in [0.3, 0.4) is 0 Å². The maximum Gasteiger partial charge on any atom is 0.227 e. The molecule has 8 heteroatoms. The molecule has 2 N–H and O–H groups in total. The van der Waals surface area contributed by atoms with E-state index in [1.807, 2.05) is 37.3 Å². The summed E-state index contributed by atoms with van der Waals surface area (Å²) < 4.78 is 6.62. The third-order valence-corrected chi connectivity index (χ3v) is 7.85. The van der Waals surface area contributed by atoms with E-state index in [9.17, 15) is 14.7 Å². The van der Waals surface area contributed by atoms with Crippen LogP contribution in [0.5, 0.6) is 5.75 Å². The van der Waals surface area contributed by atoms with Gasteiger partial charge in [-0.3, -0.25) is 19.5 Å². The van der Waals surface area contributed by atoms with Crippen LogP contribution in [0.1, 0.15) is 57.1 Å². The fourth-order valence-corrected chi connectivity index (χ4v) is 5.51. The molecule has 1 fully saturated rings. The number of hydrogen-bond donors (Lipinski definition) is 2. The zero-order chi connectivity index (χ0) is 27.1. The van der Waals surface area contributed by atoms with Crippen molar-refractivity contribution in [3.05, 3.63) is 53.9 Å². The molecule has 2 heterocycles. The maximum atomic E-state index is 13.4. The number of likely N-dealkylation sites (N-methyl/N-ethyl adjacent to an activating group) is 1. The van der Waals surface area contributed by atoms with Gasteiger partial charge in [0.25, 0.3) is 0 Å². The molecule has 1 aromatic heterocycles. The van der Waals surface area contributed by atoms with Gasteiger partial charge in [0.1, 0.15) is 11.9 Å². The Bertz CT molecular complexity index is 1070. The van der Waals surface area contributed by atoms with E-state index in [1.165, 1.54) is 12.0 Å². The lowest BCUT2D eigenvalue weighted by molar-refractivity contribution is -0.134. The van der Waals surface area contributed by atoms with Crippen LogP contribution < -0.4 is 10.1 Å². The standard InChI is InChI=1S/C30H42N4O4/c1-21-17-34(22(2)20-35)29(36)16-25-15-26(32-30(37)24-7-5-4-6-8-24)9-10-27(25)38-28(21)19-33(3)18-23-11-13-31-14-12-23/h9-15,21-22,24,28,35H,4-8,16-20H2,1-3H3,(H,32,37)/t21-,22-,28-/m1/s1. The van der Waals surface area contributed by atoms with Crippen LogP contribution in [-0.2, 0) is 22.6 Å². The van der Waals surface area contributed by atoms with Crippen LogP contribution in [0.4, 0.5) is 5.69 Å². The number of ether oxygens (including phenoxy) is 1. The Morgan fingerprint density at radius 3 is 2.66 bits per heavy atom. The molecule has 38 heavy (non-hydrogen) atoms. The fourth-order valence-electron chi connectivity index (χ4n) is 5.51. The molecule has 0 bridgehead atoms. The van der Waals surface area contributed by atoms with Crippen molar-refractivity contribution in [2.24, 2.45) is 11.8 Å². The summed E-state index contributed by atoms with van der Waals surface area (Å²) in [6, 6.07) is 9.35. The lowest BCUT2D eigenvalue weighted by atomic mass is 9.88. The second-order valence-corrected chi connectivity index (χ2v) is 11.1. The highest BCUT2D eigenvalue weighted by Crippen LogP contribution is 2.30. The molecule has 0 spiro atoms. The molecule has 8 nitrogen and oxygen atoms in total. The minimum atomic E-state index is -0.295. The van der Waals surface area contributed by atoms with Crippen LogP contribution in [0.25, 0.3) is 0 Å². The Morgan fingerprint density at radius 1 is 1.21 bits per heavy atom. The van der Waals surface area contributed by atoms with E-state index in [0.717, 1.165) is 37.8 Å². The summed E-state index contributed by atoms with van der Waals surface area (Å²) in [7, 11) is 2.06. The Labute approximate surface area is 226 Å². The number of amides is 2. The molecule has 1 aromatic carbocycles. The number of benzene rings is 1. The Kier molecular flexibility index (Phi) is 9.74. The molecule has 206 valence electrons. The number of anilines is 1. The molecule has 2 aliphatic rings. The molecule has 1 aliphatic carbocycles. The maximum absolute atomic E-state index is 13.4. The number of nitrogens with one attached hydrogen (secondary N) is 1. The molecule has 1 aliphatic heterocycles. The van der Waals surface area contributed by atoms with E-state index in [0.29, 0.717) is 24.5 Å². The van der Waals surface area contributed by atoms with Crippen LogP contribution in [0.15, 0.2) is 42.7 Å². The minimum Gasteiger partial charge on any atom is -0.488 e. The van der Waals surface area contributed by atoms with E-state index >= 15 is 0 Å². The first-order chi connectivity index (χ1) is 18.3. The summed E-state index contributed by atoms with van der Waals surface area (Å²) in [6.07, 6.45) is 8.81. The highest BCUT2D eigenvalue weighted by atomic mass is 16.5. The van der Waals surface area contributed by atoms with Gasteiger partial charge in [0.2, 0.25) is 11.8 Å². The van der Waals surface area contributed by atoms with E-state index in [4.69, 9.17) is 4.74 Å². The van der Waals surface area contributed by atoms with Crippen molar-refractivity contribution in [3.8, 4) is 5.75 Å². The first-order valence-electron chi connectivity index (χ1n) is 13.9. The van der Waals surface area contributed by atoms with E-state index in [1.54, 1.807) is 17.3 Å². The number of hydrogen-bond acceptors (Lipinski definition) is 6. The van der Waals surface area contributed by atoms with Crippen molar-refractivity contribution >= 4 is 17.5 Å². The normalized spacial score (nSPS) is 21.6. The molecule has 4 rings (SSSR count). The van der Waals surface area contributed by atoms with Crippen LogP contribution in [-0.4, -0.2) is 70.6 Å². The zero-order valence-corrected chi connectivity index (χ0v) is 22.9. The van der Waals surface area contributed by atoms with Gasteiger partial charge in [-0.05, 0) is 62.7 Å². The predicted molar refractivity (Wildman–Crippen MR) is 148 cm³/mol. The highest BCUT2D eigenvalue weighted by molar-refractivity contribution is 5.93. The third-order valence-electron chi connectivity index (χ3n) is 7.85. The predicted octanol–water partition coefficient (Wildman–Crippen LogP) is 3.88. The first-order valence-corrected chi connectivity index (χ1v) is 13.9. The number of nitrogens with zero attached hydrogens (tertiary/aromatic N) is 3. The van der Waals surface area contributed by atoms with Crippen LogP contribution >= 0.6 is 0 Å². The quantitative estimate of drug-likeness (QED) is 0.546. The molecule has 0 saturated heterocycles.